The van der Waals surface area contributed by atoms with E-state index in [-0.39, 0.29) is 0 Å². The van der Waals surface area contributed by atoms with Gasteiger partial charge in [0, 0.05) is 11.4 Å². The van der Waals surface area contributed by atoms with Crippen molar-refractivity contribution < 1.29 is 0 Å². The number of hydrogen-bond donors (Lipinski definition) is 1. The SMILES string of the molecule is CCCCCCNc1cccc(SCC)c1C#N. The molecule has 1 rings (SSSR count). The molecule has 0 aliphatic rings. The van der Waals surface area contributed by atoms with Gasteiger partial charge in [0.2, 0.25) is 0 Å². The van der Waals surface area contributed by atoms with E-state index >= 15 is 0 Å². The molecular weight excluding hydrogens is 240 g/mol. The molecule has 0 bridgehead atoms. The van der Waals surface area contributed by atoms with Crippen LogP contribution in [-0.4, -0.2) is 12.3 Å². The van der Waals surface area contributed by atoms with Crippen LogP contribution in [0.3, 0.4) is 0 Å². The Kier molecular flexibility index (Phi) is 7.36. The Labute approximate surface area is 115 Å². The smallest absolute Gasteiger partial charge is 0.102 e. The van der Waals surface area contributed by atoms with Gasteiger partial charge in [-0.15, -0.1) is 11.8 Å². The lowest BCUT2D eigenvalue weighted by Crippen LogP contribution is -2.03. The molecule has 98 valence electrons. The third-order valence-corrected chi connectivity index (χ3v) is 3.72. The Balaban J connectivity index is 2.59. The lowest BCUT2D eigenvalue weighted by molar-refractivity contribution is 0.685. The van der Waals surface area contributed by atoms with Crippen molar-refractivity contribution in [2.24, 2.45) is 0 Å². The van der Waals surface area contributed by atoms with E-state index in [1.165, 1.54) is 25.7 Å². The van der Waals surface area contributed by atoms with Crippen molar-refractivity contribution in [1.82, 2.24) is 0 Å². The summed E-state index contributed by atoms with van der Waals surface area (Å²) in [5.74, 6) is 0.995. The molecule has 0 unspecified atom stereocenters. The number of nitrogens with zero attached hydrogens (tertiary/aromatic N) is 1. The quantitative estimate of drug-likeness (QED) is 0.546. The summed E-state index contributed by atoms with van der Waals surface area (Å²) < 4.78 is 0. The average Bonchev–Trinajstić information content (AvgIpc) is 2.39. The van der Waals surface area contributed by atoms with Crippen LogP contribution in [0.1, 0.15) is 45.1 Å². The molecule has 0 fully saturated rings. The highest BCUT2D eigenvalue weighted by atomic mass is 32.2. The zero-order valence-electron chi connectivity index (χ0n) is 11.3. The van der Waals surface area contributed by atoms with Gasteiger partial charge in [-0.2, -0.15) is 5.26 Å². The minimum atomic E-state index is 0.792. The second kappa shape index (κ2) is 8.88. The molecule has 1 aromatic rings. The fraction of sp³-hybridized carbons (Fsp3) is 0.533. The van der Waals surface area contributed by atoms with Gasteiger partial charge in [0.1, 0.15) is 6.07 Å². The Morgan fingerprint density at radius 1 is 1.22 bits per heavy atom. The highest BCUT2D eigenvalue weighted by molar-refractivity contribution is 7.99. The second-order valence-electron chi connectivity index (χ2n) is 4.21. The zero-order valence-corrected chi connectivity index (χ0v) is 12.1. The van der Waals surface area contributed by atoms with Crippen LogP contribution in [0.15, 0.2) is 23.1 Å². The monoisotopic (exact) mass is 262 g/mol. The van der Waals surface area contributed by atoms with E-state index < -0.39 is 0 Å². The Morgan fingerprint density at radius 3 is 2.72 bits per heavy atom. The zero-order chi connectivity index (χ0) is 13.2. The number of hydrogen-bond acceptors (Lipinski definition) is 3. The summed E-state index contributed by atoms with van der Waals surface area (Å²) in [6.07, 6.45) is 4.98. The van der Waals surface area contributed by atoms with Gasteiger partial charge in [-0.25, -0.2) is 0 Å². The third-order valence-electron chi connectivity index (χ3n) is 2.78. The summed E-state index contributed by atoms with van der Waals surface area (Å²) in [5.41, 5.74) is 1.77. The fourth-order valence-corrected chi connectivity index (χ4v) is 2.63. The molecule has 0 heterocycles. The molecule has 3 heteroatoms. The minimum absolute atomic E-state index is 0.792. The number of rotatable bonds is 8. The topological polar surface area (TPSA) is 35.8 Å². The molecule has 0 amide bonds. The first-order valence-electron chi connectivity index (χ1n) is 6.73. The van der Waals surface area contributed by atoms with Crippen LogP contribution in [0.25, 0.3) is 0 Å². The van der Waals surface area contributed by atoms with Crippen molar-refractivity contribution in [3.05, 3.63) is 23.8 Å². The van der Waals surface area contributed by atoms with Crippen molar-refractivity contribution in [3.63, 3.8) is 0 Å². The summed E-state index contributed by atoms with van der Waals surface area (Å²) in [6, 6.07) is 8.36. The average molecular weight is 262 g/mol. The number of thioether (sulfide) groups is 1. The Hall–Kier alpha value is -1.14. The van der Waals surface area contributed by atoms with Crippen LogP contribution in [0, 0.1) is 11.3 Å². The number of unbranched alkanes of at least 4 members (excludes halogenated alkanes) is 3. The van der Waals surface area contributed by atoms with Gasteiger partial charge in [0.25, 0.3) is 0 Å². The fourth-order valence-electron chi connectivity index (χ4n) is 1.84. The molecule has 0 spiro atoms. The maximum Gasteiger partial charge on any atom is 0.102 e. The van der Waals surface area contributed by atoms with E-state index in [0.29, 0.717) is 0 Å². The summed E-state index contributed by atoms with van der Waals surface area (Å²) >= 11 is 1.73. The standard InChI is InChI=1S/C15H22N2S/c1-3-5-6-7-11-17-14-9-8-10-15(18-4-2)13(14)12-16/h8-10,17H,3-7,11H2,1-2H3. The Bertz CT molecular complexity index is 396. The van der Waals surface area contributed by atoms with Crippen molar-refractivity contribution in [1.29, 1.82) is 5.26 Å². The predicted molar refractivity (Wildman–Crippen MR) is 80.2 cm³/mol. The van der Waals surface area contributed by atoms with Gasteiger partial charge in [0.15, 0.2) is 0 Å². The van der Waals surface area contributed by atoms with Crippen molar-refractivity contribution in [3.8, 4) is 6.07 Å². The molecule has 18 heavy (non-hydrogen) atoms. The van der Waals surface area contributed by atoms with E-state index in [9.17, 15) is 5.26 Å². The van der Waals surface area contributed by atoms with E-state index in [1.807, 2.05) is 18.2 Å². The lowest BCUT2D eigenvalue weighted by atomic mass is 10.1. The van der Waals surface area contributed by atoms with E-state index in [2.05, 4.69) is 25.2 Å². The number of nitriles is 1. The van der Waals surface area contributed by atoms with Crippen LogP contribution in [-0.2, 0) is 0 Å². The van der Waals surface area contributed by atoms with Gasteiger partial charge >= 0.3 is 0 Å². The first-order chi connectivity index (χ1) is 8.83. The first kappa shape index (κ1) is 14.9. The van der Waals surface area contributed by atoms with Crippen LogP contribution in [0.4, 0.5) is 5.69 Å². The minimum Gasteiger partial charge on any atom is -0.384 e. The molecule has 1 aromatic carbocycles. The maximum absolute atomic E-state index is 9.26. The largest absolute Gasteiger partial charge is 0.384 e. The molecule has 0 saturated carbocycles. The van der Waals surface area contributed by atoms with Gasteiger partial charge in [-0.1, -0.05) is 39.2 Å². The van der Waals surface area contributed by atoms with E-state index in [1.54, 1.807) is 11.8 Å². The molecule has 0 atom stereocenters. The maximum atomic E-state index is 9.26. The molecule has 2 nitrogen and oxygen atoms in total. The van der Waals surface area contributed by atoms with Gasteiger partial charge in [-0.05, 0) is 24.3 Å². The van der Waals surface area contributed by atoms with Crippen molar-refractivity contribution in [2.75, 3.05) is 17.6 Å². The molecule has 0 aliphatic carbocycles. The van der Waals surface area contributed by atoms with Crippen molar-refractivity contribution in [2.45, 2.75) is 44.4 Å². The second-order valence-corrected chi connectivity index (χ2v) is 5.52. The molecule has 0 saturated heterocycles. The summed E-state index contributed by atoms with van der Waals surface area (Å²) in [6.45, 7) is 5.28. The van der Waals surface area contributed by atoms with Crippen LogP contribution in [0.5, 0.6) is 0 Å². The highest BCUT2D eigenvalue weighted by Gasteiger charge is 2.07. The van der Waals surface area contributed by atoms with Crippen LogP contribution in [0.2, 0.25) is 0 Å². The molecule has 1 N–H and O–H groups in total. The predicted octanol–water partition coefficient (Wildman–Crippen LogP) is 4.66. The van der Waals surface area contributed by atoms with E-state index in [0.717, 1.165) is 28.4 Å². The Morgan fingerprint density at radius 2 is 2.06 bits per heavy atom. The molecule has 0 aromatic heterocycles. The first-order valence-corrected chi connectivity index (χ1v) is 7.71. The molecular formula is C15H22N2S. The summed E-state index contributed by atoms with van der Waals surface area (Å²) in [4.78, 5) is 1.08. The number of benzene rings is 1. The van der Waals surface area contributed by atoms with Gasteiger partial charge in [0.05, 0.1) is 11.3 Å². The summed E-state index contributed by atoms with van der Waals surface area (Å²) in [5, 5.41) is 12.6. The van der Waals surface area contributed by atoms with Crippen LogP contribution < -0.4 is 5.32 Å². The van der Waals surface area contributed by atoms with Gasteiger partial charge < -0.3 is 5.32 Å². The van der Waals surface area contributed by atoms with Crippen molar-refractivity contribution >= 4 is 17.4 Å². The van der Waals surface area contributed by atoms with E-state index in [4.69, 9.17) is 0 Å². The number of nitrogens with one attached hydrogen (secondary N) is 1. The lowest BCUT2D eigenvalue weighted by Gasteiger charge is -2.10. The third kappa shape index (κ3) is 4.62. The van der Waals surface area contributed by atoms with Crippen LogP contribution >= 0.6 is 11.8 Å². The molecule has 0 radical (unpaired) electrons. The number of anilines is 1. The summed E-state index contributed by atoms with van der Waals surface area (Å²) in [7, 11) is 0. The van der Waals surface area contributed by atoms with Gasteiger partial charge in [-0.3, -0.25) is 0 Å². The molecule has 0 aliphatic heterocycles. The highest BCUT2D eigenvalue weighted by Crippen LogP contribution is 2.27. The normalized spacial score (nSPS) is 10.1.